The molecule has 0 saturated carbocycles. The maximum atomic E-state index is 11.9. The summed E-state index contributed by atoms with van der Waals surface area (Å²) in [6.07, 6.45) is 0.751. The molecule has 1 fully saturated rings. The Balaban J connectivity index is 2.32. The summed E-state index contributed by atoms with van der Waals surface area (Å²) in [6, 6.07) is 3.78. The molecule has 7 nitrogen and oxygen atoms in total. The van der Waals surface area contributed by atoms with Crippen molar-refractivity contribution < 1.29 is 14.6 Å². The number of non-ortho nitro benzene ring substituents is 1. The molecule has 1 aliphatic heterocycles. The Hall–Kier alpha value is -2.15. The zero-order chi connectivity index (χ0) is 12.4. The van der Waals surface area contributed by atoms with Gasteiger partial charge in [-0.1, -0.05) is 0 Å². The summed E-state index contributed by atoms with van der Waals surface area (Å²) in [7, 11) is 0. The number of carbonyl (C=O) groups is 1. The number of anilines is 1. The highest BCUT2D eigenvalue weighted by molar-refractivity contribution is 5.99. The average molecular weight is 237 g/mol. The highest BCUT2D eigenvalue weighted by atomic mass is 16.7. The minimum absolute atomic E-state index is 0.0982. The summed E-state index contributed by atoms with van der Waals surface area (Å²) < 4.78 is 0. The summed E-state index contributed by atoms with van der Waals surface area (Å²) in [5.74, 6) is -0.441. The lowest BCUT2D eigenvalue weighted by atomic mass is 10.1. The first-order chi connectivity index (χ1) is 8.09. The summed E-state index contributed by atoms with van der Waals surface area (Å²) in [5.41, 5.74) is 5.77. The molecule has 1 saturated heterocycles. The highest BCUT2D eigenvalue weighted by Crippen LogP contribution is 2.22. The third-order valence-electron chi connectivity index (χ3n) is 2.46. The number of hydrogen-bond acceptors (Lipinski definition) is 5. The van der Waals surface area contributed by atoms with E-state index >= 15 is 0 Å². The van der Waals surface area contributed by atoms with Crippen LogP contribution in [0.4, 0.5) is 11.4 Å². The van der Waals surface area contributed by atoms with Crippen LogP contribution < -0.4 is 5.73 Å². The van der Waals surface area contributed by atoms with E-state index in [-0.39, 0.29) is 16.9 Å². The third-order valence-corrected chi connectivity index (χ3v) is 2.46. The van der Waals surface area contributed by atoms with Gasteiger partial charge in [-0.25, -0.2) is 5.06 Å². The molecular formula is C10H11N3O4. The Morgan fingerprint density at radius 1 is 1.53 bits per heavy atom. The number of benzene rings is 1. The van der Waals surface area contributed by atoms with Crippen LogP contribution in [0.5, 0.6) is 0 Å². The van der Waals surface area contributed by atoms with Crippen LogP contribution in [-0.4, -0.2) is 29.0 Å². The monoisotopic (exact) mass is 237 g/mol. The molecule has 1 aliphatic rings. The number of nitro benzene ring substituents is 1. The van der Waals surface area contributed by atoms with E-state index in [0.717, 1.165) is 6.42 Å². The molecule has 0 unspecified atom stereocenters. The lowest BCUT2D eigenvalue weighted by Crippen LogP contribution is -2.27. The van der Waals surface area contributed by atoms with Crippen molar-refractivity contribution in [2.24, 2.45) is 0 Å². The van der Waals surface area contributed by atoms with Crippen LogP contribution in [0.2, 0.25) is 0 Å². The van der Waals surface area contributed by atoms with Gasteiger partial charge in [0.1, 0.15) is 0 Å². The van der Waals surface area contributed by atoms with Crippen molar-refractivity contribution >= 4 is 17.3 Å². The number of nitro groups is 1. The van der Waals surface area contributed by atoms with Crippen molar-refractivity contribution in [2.75, 3.05) is 18.9 Å². The van der Waals surface area contributed by atoms with Gasteiger partial charge >= 0.3 is 0 Å². The summed E-state index contributed by atoms with van der Waals surface area (Å²) in [5, 5.41) is 11.8. The number of hydrogen-bond donors (Lipinski definition) is 1. The standard InChI is InChI=1S/C10H11N3O4/c11-9-3-2-7(13(15)16)6-8(9)10(14)12-4-1-5-17-12/h2-3,6H,1,4-5,11H2. The largest absolute Gasteiger partial charge is 0.398 e. The van der Waals surface area contributed by atoms with Gasteiger partial charge in [-0.3, -0.25) is 19.7 Å². The van der Waals surface area contributed by atoms with Crippen LogP contribution in [0.3, 0.4) is 0 Å². The molecule has 0 atom stereocenters. The first-order valence-electron chi connectivity index (χ1n) is 5.08. The lowest BCUT2D eigenvalue weighted by molar-refractivity contribution is -0.384. The average Bonchev–Trinajstić information content (AvgIpc) is 2.81. The van der Waals surface area contributed by atoms with Crippen LogP contribution in [-0.2, 0) is 4.84 Å². The van der Waals surface area contributed by atoms with E-state index in [4.69, 9.17) is 10.6 Å². The molecule has 0 aliphatic carbocycles. The number of nitrogens with zero attached hydrogens (tertiary/aromatic N) is 2. The minimum Gasteiger partial charge on any atom is -0.398 e. The molecule has 2 rings (SSSR count). The van der Waals surface area contributed by atoms with Gasteiger partial charge in [0.05, 0.1) is 23.6 Å². The molecule has 1 amide bonds. The summed E-state index contributed by atoms with van der Waals surface area (Å²) in [4.78, 5) is 27.1. The Labute approximate surface area is 96.9 Å². The van der Waals surface area contributed by atoms with Crippen molar-refractivity contribution in [1.82, 2.24) is 5.06 Å². The molecule has 1 aromatic rings. The second-order valence-electron chi connectivity index (χ2n) is 3.62. The number of rotatable bonds is 2. The SMILES string of the molecule is Nc1ccc([N+](=O)[O-])cc1C(=O)N1CCCO1. The van der Waals surface area contributed by atoms with E-state index in [1.807, 2.05) is 0 Å². The smallest absolute Gasteiger partial charge is 0.279 e. The Kier molecular flexibility index (Phi) is 2.92. The van der Waals surface area contributed by atoms with Gasteiger partial charge in [-0.15, -0.1) is 0 Å². The Morgan fingerprint density at radius 3 is 2.88 bits per heavy atom. The molecule has 17 heavy (non-hydrogen) atoms. The second kappa shape index (κ2) is 4.38. The Bertz CT molecular complexity index is 469. The molecule has 90 valence electrons. The van der Waals surface area contributed by atoms with Crippen molar-refractivity contribution in [3.05, 3.63) is 33.9 Å². The molecule has 0 spiro atoms. The van der Waals surface area contributed by atoms with E-state index in [0.29, 0.717) is 13.2 Å². The molecule has 0 aromatic heterocycles. The van der Waals surface area contributed by atoms with E-state index in [9.17, 15) is 14.9 Å². The molecule has 0 radical (unpaired) electrons. The van der Waals surface area contributed by atoms with Crippen LogP contribution in [0.15, 0.2) is 18.2 Å². The van der Waals surface area contributed by atoms with Gasteiger partial charge in [0.25, 0.3) is 11.6 Å². The quantitative estimate of drug-likeness (QED) is 0.469. The lowest BCUT2D eigenvalue weighted by Gasteiger charge is -2.14. The van der Waals surface area contributed by atoms with Gasteiger partial charge in [-0.05, 0) is 12.5 Å². The molecule has 1 heterocycles. The van der Waals surface area contributed by atoms with E-state index in [2.05, 4.69) is 0 Å². The summed E-state index contributed by atoms with van der Waals surface area (Å²) >= 11 is 0. The third kappa shape index (κ3) is 2.18. The van der Waals surface area contributed by atoms with Crippen LogP contribution >= 0.6 is 0 Å². The molecular weight excluding hydrogens is 226 g/mol. The maximum absolute atomic E-state index is 11.9. The number of hydroxylamine groups is 2. The number of amides is 1. The predicted octanol–water partition coefficient (Wildman–Crippen LogP) is 0.955. The van der Waals surface area contributed by atoms with Gasteiger partial charge in [0.15, 0.2) is 0 Å². The van der Waals surface area contributed by atoms with Crippen LogP contribution in [0, 0.1) is 10.1 Å². The second-order valence-corrected chi connectivity index (χ2v) is 3.62. The summed E-state index contributed by atoms with van der Waals surface area (Å²) in [6.45, 7) is 0.946. The predicted molar refractivity (Wildman–Crippen MR) is 59.1 cm³/mol. The molecule has 1 aromatic carbocycles. The van der Waals surface area contributed by atoms with Crippen molar-refractivity contribution in [3.63, 3.8) is 0 Å². The fraction of sp³-hybridized carbons (Fsp3) is 0.300. The number of carbonyl (C=O) groups excluding carboxylic acids is 1. The van der Waals surface area contributed by atoms with Gasteiger partial charge in [0.2, 0.25) is 0 Å². The van der Waals surface area contributed by atoms with E-state index < -0.39 is 10.8 Å². The molecule has 2 N–H and O–H groups in total. The van der Waals surface area contributed by atoms with Crippen LogP contribution in [0.25, 0.3) is 0 Å². The zero-order valence-electron chi connectivity index (χ0n) is 8.96. The topological polar surface area (TPSA) is 98.7 Å². The first kappa shape index (κ1) is 11.3. The normalized spacial score (nSPS) is 14.9. The van der Waals surface area contributed by atoms with Gasteiger partial charge in [0, 0.05) is 17.8 Å². The van der Waals surface area contributed by atoms with E-state index in [1.165, 1.54) is 23.3 Å². The van der Waals surface area contributed by atoms with Gasteiger partial charge in [-0.2, -0.15) is 0 Å². The molecule has 7 heteroatoms. The number of nitrogens with two attached hydrogens (primary N) is 1. The van der Waals surface area contributed by atoms with Crippen LogP contribution in [0.1, 0.15) is 16.8 Å². The number of nitrogen functional groups attached to an aromatic ring is 1. The zero-order valence-corrected chi connectivity index (χ0v) is 8.96. The highest BCUT2D eigenvalue weighted by Gasteiger charge is 2.24. The van der Waals surface area contributed by atoms with Crippen molar-refractivity contribution in [3.8, 4) is 0 Å². The maximum Gasteiger partial charge on any atom is 0.279 e. The fourth-order valence-corrected chi connectivity index (χ4v) is 1.59. The fourth-order valence-electron chi connectivity index (χ4n) is 1.59. The van der Waals surface area contributed by atoms with Crippen molar-refractivity contribution in [2.45, 2.75) is 6.42 Å². The molecule has 0 bridgehead atoms. The Morgan fingerprint density at radius 2 is 2.29 bits per heavy atom. The van der Waals surface area contributed by atoms with Gasteiger partial charge < -0.3 is 5.73 Å². The minimum atomic E-state index is -0.568. The van der Waals surface area contributed by atoms with E-state index in [1.54, 1.807) is 0 Å². The first-order valence-corrected chi connectivity index (χ1v) is 5.08. The van der Waals surface area contributed by atoms with Crippen molar-refractivity contribution in [1.29, 1.82) is 0 Å².